The summed E-state index contributed by atoms with van der Waals surface area (Å²) in [6, 6.07) is 23.8. The second-order valence-corrected chi connectivity index (χ2v) is 9.64. The van der Waals surface area contributed by atoms with Gasteiger partial charge in [-0.15, -0.1) is 0 Å². The summed E-state index contributed by atoms with van der Waals surface area (Å²) in [6.07, 6.45) is 3.67. The van der Waals surface area contributed by atoms with Crippen molar-refractivity contribution in [2.75, 3.05) is 14.2 Å². The lowest BCUT2D eigenvalue weighted by Gasteiger charge is -2.31. The molecule has 0 bridgehead atoms. The average molecular weight is 481 g/mol. The number of nitrogens with zero attached hydrogens (tertiary/aromatic N) is 2. The Morgan fingerprint density at radius 2 is 1.77 bits per heavy atom. The van der Waals surface area contributed by atoms with Gasteiger partial charge in [0.15, 0.2) is 4.80 Å². The third-order valence-corrected chi connectivity index (χ3v) is 7.68. The maximum atomic E-state index is 13.9. The lowest BCUT2D eigenvalue weighted by Crippen LogP contribution is -2.39. The Balaban J connectivity index is 1.67. The van der Waals surface area contributed by atoms with Gasteiger partial charge in [-0.25, -0.2) is 4.99 Å². The molecule has 0 fully saturated rings. The minimum atomic E-state index is -0.322. The Labute approximate surface area is 206 Å². The summed E-state index contributed by atoms with van der Waals surface area (Å²) in [7, 11) is 3.31. The number of fused-ring (bicyclic) bond motifs is 3. The Hall–Kier alpha value is -3.90. The van der Waals surface area contributed by atoms with E-state index in [1.165, 1.54) is 16.9 Å². The maximum Gasteiger partial charge on any atom is 0.271 e. The fraction of sp³-hybridized carbons (Fsp3) is 0.172. The van der Waals surface area contributed by atoms with E-state index >= 15 is 0 Å². The highest BCUT2D eigenvalue weighted by molar-refractivity contribution is 7.07. The molecule has 3 aromatic carbocycles. The number of thiazole rings is 1. The van der Waals surface area contributed by atoms with E-state index in [4.69, 9.17) is 14.5 Å². The van der Waals surface area contributed by atoms with E-state index in [0.29, 0.717) is 9.33 Å². The van der Waals surface area contributed by atoms with Crippen LogP contribution in [0.15, 0.2) is 88.2 Å². The number of rotatable bonds is 4. The minimum absolute atomic E-state index is 0.0436. The first-order chi connectivity index (χ1) is 17.2. The highest BCUT2D eigenvalue weighted by Crippen LogP contribution is 2.44. The van der Waals surface area contributed by atoms with Crippen LogP contribution in [-0.2, 0) is 6.42 Å². The molecule has 0 saturated heterocycles. The Morgan fingerprint density at radius 3 is 2.57 bits per heavy atom. The number of methoxy groups -OCH3 is 2. The van der Waals surface area contributed by atoms with E-state index in [9.17, 15) is 4.79 Å². The zero-order chi connectivity index (χ0) is 23.9. The SMILES string of the molecule is COc1ccc(OC)c([C@H]2C3=C(N=c4s/c(=C/c5ccccc5)c(=O)n42)c2ccccc2CC3)c1. The van der Waals surface area contributed by atoms with Gasteiger partial charge in [0.25, 0.3) is 5.56 Å². The first kappa shape index (κ1) is 21.6. The van der Waals surface area contributed by atoms with E-state index < -0.39 is 0 Å². The van der Waals surface area contributed by atoms with Gasteiger partial charge < -0.3 is 9.47 Å². The number of aryl methyl sites for hydroxylation is 1. The Bertz CT molecular complexity index is 1650. The molecule has 0 saturated carbocycles. The van der Waals surface area contributed by atoms with Crippen LogP contribution in [0.3, 0.4) is 0 Å². The van der Waals surface area contributed by atoms with Crippen LogP contribution >= 0.6 is 11.3 Å². The molecular weight excluding hydrogens is 456 g/mol. The summed E-state index contributed by atoms with van der Waals surface area (Å²) in [4.78, 5) is 19.6. The summed E-state index contributed by atoms with van der Waals surface area (Å²) >= 11 is 1.43. The molecule has 2 aliphatic rings. The summed E-state index contributed by atoms with van der Waals surface area (Å²) in [6.45, 7) is 0. The lowest BCUT2D eigenvalue weighted by atomic mass is 9.83. The standard InChI is InChI=1S/C29H24N2O3S/c1-33-20-13-15-24(34-2)23(17-20)27-22-14-12-19-10-6-7-11-21(19)26(22)30-29-31(27)28(32)25(35-29)16-18-8-4-3-5-9-18/h3-11,13,15-17,27H,12,14H2,1-2H3/b25-16+/t27-/m1/s1. The van der Waals surface area contributed by atoms with Gasteiger partial charge >= 0.3 is 0 Å². The summed E-state index contributed by atoms with van der Waals surface area (Å²) in [5.41, 5.74) is 6.38. The maximum absolute atomic E-state index is 13.9. The smallest absolute Gasteiger partial charge is 0.271 e. The van der Waals surface area contributed by atoms with Crippen LogP contribution in [0.2, 0.25) is 0 Å². The van der Waals surface area contributed by atoms with Crippen molar-refractivity contribution in [3.05, 3.63) is 120 Å². The highest BCUT2D eigenvalue weighted by atomic mass is 32.1. The predicted octanol–water partition coefficient (Wildman–Crippen LogP) is 4.34. The molecule has 2 heterocycles. The molecule has 0 N–H and O–H groups in total. The van der Waals surface area contributed by atoms with E-state index in [0.717, 1.165) is 52.3 Å². The minimum Gasteiger partial charge on any atom is -0.497 e. The van der Waals surface area contributed by atoms with Crippen molar-refractivity contribution in [1.29, 1.82) is 0 Å². The topological polar surface area (TPSA) is 52.8 Å². The number of aromatic nitrogens is 1. The van der Waals surface area contributed by atoms with Crippen LogP contribution in [0.5, 0.6) is 11.5 Å². The molecule has 1 aliphatic heterocycles. The molecule has 0 amide bonds. The number of ether oxygens (including phenoxy) is 2. The first-order valence-corrected chi connectivity index (χ1v) is 12.4. The van der Waals surface area contributed by atoms with Crippen LogP contribution in [-0.4, -0.2) is 18.8 Å². The van der Waals surface area contributed by atoms with Gasteiger partial charge in [0, 0.05) is 11.1 Å². The van der Waals surface area contributed by atoms with Gasteiger partial charge in [-0.2, -0.15) is 0 Å². The molecule has 6 rings (SSSR count). The van der Waals surface area contributed by atoms with Crippen molar-refractivity contribution in [2.45, 2.75) is 18.9 Å². The normalized spacial score (nSPS) is 16.7. The first-order valence-electron chi connectivity index (χ1n) is 11.6. The van der Waals surface area contributed by atoms with Crippen molar-refractivity contribution < 1.29 is 9.47 Å². The number of hydrogen-bond donors (Lipinski definition) is 0. The molecule has 4 aromatic rings. The molecule has 1 aliphatic carbocycles. The van der Waals surface area contributed by atoms with Crippen molar-refractivity contribution in [2.24, 2.45) is 4.99 Å². The summed E-state index contributed by atoms with van der Waals surface area (Å²) < 4.78 is 13.8. The molecule has 1 aromatic heterocycles. The lowest BCUT2D eigenvalue weighted by molar-refractivity contribution is 0.392. The monoisotopic (exact) mass is 480 g/mol. The van der Waals surface area contributed by atoms with E-state index in [1.807, 2.05) is 59.2 Å². The predicted molar refractivity (Wildman–Crippen MR) is 139 cm³/mol. The van der Waals surface area contributed by atoms with Crippen LogP contribution in [0.1, 0.15) is 34.7 Å². The zero-order valence-corrected chi connectivity index (χ0v) is 20.3. The van der Waals surface area contributed by atoms with E-state index in [1.54, 1.807) is 14.2 Å². The number of benzene rings is 3. The second-order valence-electron chi connectivity index (χ2n) is 8.63. The summed E-state index contributed by atoms with van der Waals surface area (Å²) in [5.74, 6) is 1.45. The van der Waals surface area contributed by atoms with Crippen LogP contribution in [0.4, 0.5) is 0 Å². The molecule has 0 spiro atoms. The van der Waals surface area contributed by atoms with Gasteiger partial charge in [-0.05, 0) is 53.8 Å². The van der Waals surface area contributed by atoms with Crippen LogP contribution in [0, 0.1) is 0 Å². The van der Waals surface area contributed by atoms with Crippen molar-refractivity contribution in [3.63, 3.8) is 0 Å². The third-order valence-electron chi connectivity index (χ3n) is 6.70. The fourth-order valence-electron chi connectivity index (χ4n) is 5.05. The number of allylic oxidation sites excluding steroid dienone is 1. The second kappa shape index (κ2) is 8.71. The highest BCUT2D eigenvalue weighted by Gasteiger charge is 2.34. The van der Waals surface area contributed by atoms with Crippen molar-refractivity contribution in [1.82, 2.24) is 4.57 Å². The Morgan fingerprint density at radius 1 is 0.971 bits per heavy atom. The van der Waals surface area contributed by atoms with Crippen molar-refractivity contribution in [3.8, 4) is 11.5 Å². The van der Waals surface area contributed by atoms with Gasteiger partial charge in [-0.1, -0.05) is 65.9 Å². The molecule has 35 heavy (non-hydrogen) atoms. The zero-order valence-electron chi connectivity index (χ0n) is 19.5. The average Bonchev–Trinajstić information content (AvgIpc) is 3.21. The molecule has 0 unspecified atom stereocenters. The van der Waals surface area contributed by atoms with Gasteiger partial charge in [0.05, 0.1) is 30.5 Å². The van der Waals surface area contributed by atoms with Gasteiger partial charge in [0.1, 0.15) is 11.5 Å². The molecule has 1 atom stereocenters. The van der Waals surface area contributed by atoms with Crippen molar-refractivity contribution >= 4 is 23.1 Å². The largest absolute Gasteiger partial charge is 0.497 e. The molecule has 6 heteroatoms. The summed E-state index contributed by atoms with van der Waals surface area (Å²) in [5, 5.41) is 0. The molecular formula is C29H24N2O3S. The van der Waals surface area contributed by atoms with Crippen LogP contribution in [0.25, 0.3) is 11.8 Å². The van der Waals surface area contributed by atoms with Crippen LogP contribution < -0.4 is 24.4 Å². The fourth-order valence-corrected chi connectivity index (χ4v) is 6.05. The van der Waals surface area contributed by atoms with Gasteiger partial charge in [-0.3, -0.25) is 9.36 Å². The van der Waals surface area contributed by atoms with E-state index in [2.05, 4.69) is 24.3 Å². The molecule has 0 radical (unpaired) electrons. The number of hydrogen-bond acceptors (Lipinski definition) is 5. The molecule has 174 valence electrons. The van der Waals surface area contributed by atoms with Gasteiger partial charge in [0.2, 0.25) is 0 Å². The third kappa shape index (κ3) is 3.61. The molecule has 5 nitrogen and oxygen atoms in total. The van der Waals surface area contributed by atoms with E-state index in [-0.39, 0.29) is 11.6 Å². The Kier molecular flexibility index (Phi) is 5.38. The quantitative estimate of drug-likeness (QED) is 0.437.